The second-order valence-corrected chi connectivity index (χ2v) is 6.20. The van der Waals surface area contributed by atoms with Crippen LogP contribution in [0.25, 0.3) is 0 Å². The number of aliphatic hydroxyl groups is 1. The summed E-state index contributed by atoms with van der Waals surface area (Å²) in [6.45, 7) is 3.95. The number of amides is 2. The Bertz CT molecular complexity index is 545. The molecule has 24 heavy (non-hydrogen) atoms. The zero-order valence-electron chi connectivity index (χ0n) is 13.9. The average Bonchev–Trinajstić information content (AvgIpc) is 2.58. The molecule has 1 atom stereocenters. The minimum Gasteiger partial charge on any atom is -0.394 e. The van der Waals surface area contributed by atoms with Gasteiger partial charge in [0.1, 0.15) is 0 Å². The predicted molar refractivity (Wildman–Crippen MR) is 87.5 cm³/mol. The second kappa shape index (κ2) is 8.94. The summed E-state index contributed by atoms with van der Waals surface area (Å²) >= 11 is 0. The van der Waals surface area contributed by atoms with Crippen LogP contribution in [-0.2, 0) is 6.54 Å². The highest BCUT2D eigenvalue weighted by Crippen LogP contribution is 2.15. The van der Waals surface area contributed by atoms with Crippen molar-refractivity contribution in [2.45, 2.75) is 44.8 Å². The van der Waals surface area contributed by atoms with Gasteiger partial charge in [0.05, 0.1) is 12.6 Å². The fraction of sp³-hybridized carbons (Fsp3) is 0.588. The predicted octanol–water partition coefficient (Wildman–Crippen LogP) is 2.00. The van der Waals surface area contributed by atoms with Gasteiger partial charge < -0.3 is 15.7 Å². The molecule has 134 valence electrons. The van der Waals surface area contributed by atoms with E-state index in [0.717, 1.165) is 37.6 Å². The number of nitrogens with one attached hydrogen (secondary N) is 2. The van der Waals surface area contributed by atoms with Crippen molar-refractivity contribution in [2.24, 2.45) is 0 Å². The lowest BCUT2D eigenvalue weighted by Crippen LogP contribution is -2.50. The summed E-state index contributed by atoms with van der Waals surface area (Å²) < 4.78 is 26.2. The van der Waals surface area contributed by atoms with E-state index in [1.165, 1.54) is 6.07 Å². The molecule has 0 spiro atoms. The van der Waals surface area contributed by atoms with Gasteiger partial charge in [-0.2, -0.15) is 0 Å². The molecule has 0 aliphatic carbocycles. The van der Waals surface area contributed by atoms with E-state index in [1.54, 1.807) is 6.07 Å². The SMILES string of the molecule is CCC(CO)NC(=O)NC1CCN(Cc2ccc(F)c(F)c2)CC1. The molecular weight excluding hydrogens is 316 g/mol. The Balaban J connectivity index is 1.74. The van der Waals surface area contributed by atoms with E-state index in [9.17, 15) is 13.6 Å². The summed E-state index contributed by atoms with van der Waals surface area (Å²) in [6.07, 6.45) is 2.27. The van der Waals surface area contributed by atoms with Crippen molar-refractivity contribution in [1.82, 2.24) is 15.5 Å². The highest BCUT2D eigenvalue weighted by molar-refractivity contribution is 5.74. The first-order chi connectivity index (χ1) is 11.5. The van der Waals surface area contributed by atoms with Crippen LogP contribution in [0.4, 0.5) is 13.6 Å². The maximum Gasteiger partial charge on any atom is 0.315 e. The van der Waals surface area contributed by atoms with E-state index in [1.807, 2.05) is 6.92 Å². The number of aliphatic hydroxyl groups excluding tert-OH is 1. The minimum atomic E-state index is -0.832. The number of hydrogen-bond acceptors (Lipinski definition) is 3. The van der Waals surface area contributed by atoms with Gasteiger partial charge >= 0.3 is 6.03 Å². The van der Waals surface area contributed by atoms with Crippen LogP contribution in [0, 0.1) is 11.6 Å². The van der Waals surface area contributed by atoms with Crippen LogP contribution in [0.2, 0.25) is 0 Å². The standard InChI is InChI=1S/C17H25F2N3O2/c1-2-13(11-23)20-17(24)21-14-5-7-22(8-6-14)10-12-3-4-15(18)16(19)9-12/h3-4,9,13-14,23H,2,5-8,10-11H2,1H3,(H2,20,21,24). The third kappa shape index (κ3) is 5.42. The van der Waals surface area contributed by atoms with E-state index in [2.05, 4.69) is 15.5 Å². The third-order valence-corrected chi connectivity index (χ3v) is 4.36. The molecule has 0 saturated carbocycles. The van der Waals surface area contributed by atoms with Crippen LogP contribution in [0.15, 0.2) is 18.2 Å². The molecule has 0 aromatic heterocycles. The van der Waals surface area contributed by atoms with Gasteiger partial charge in [-0.1, -0.05) is 13.0 Å². The zero-order chi connectivity index (χ0) is 17.5. The van der Waals surface area contributed by atoms with Crippen LogP contribution >= 0.6 is 0 Å². The molecule has 2 rings (SSSR count). The van der Waals surface area contributed by atoms with Crippen LogP contribution in [-0.4, -0.2) is 47.8 Å². The molecule has 1 aromatic rings. The smallest absolute Gasteiger partial charge is 0.315 e. The van der Waals surface area contributed by atoms with E-state index >= 15 is 0 Å². The number of halogens is 2. The summed E-state index contributed by atoms with van der Waals surface area (Å²) in [7, 11) is 0. The van der Waals surface area contributed by atoms with Gasteiger partial charge in [-0.25, -0.2) is 13.6 Å². The monoisotopic (exact) mass is 341 g/mol. The van der Waals surface area contributed by atoms with Gasteiger partial charge in [-0.3, -0.25) is 4.90 Å². The first-order valence-corrected chi connectivity index (χ1v) is 8.36. The Morgan fingerprint density at radius 1 is 1.33 bits per heavy atom. The van der Waals surface area contributed by atoms with Crippen molar-refractivity contribution < 1.29 is 18.7 Å². The number of hydrogen-bond donors (Lipinski definition) is 3. The lowest BCUT2D eigenvalue weighted by molar-refractivity contribution is 0.181. The number of nitrogens with zero attached hydrogens (tertiary/aromatic N) is 1. The molecule has 1 fully saturated rings. The highest BCUT2D eigenvalue weighted by atomic mass is 19.2. The largest absolute Gasteiger partial charge is 0.394 e. The lowest BCUT2D eigenvalue weighted by atomic mass is 10.0. The van der Waals surface area contributed by atoms with Crippen LogP contribution in [0.5, 0.6) is 0 Å². The van der Waals surface area contributed by atoms with Crippen LogP contribution in [0.1, 0.15) is 31.7 Å². The summed E-state index contributed by atoms with van der Waals surface area (Å²) in [6, 6.07) is 3.58. The van der Waals surface area contributed by atoms with Gasteiger partial charge in [-0.15, -0.1) is 0 Å². The summed E-state index contributed by atoms with van der Waals surface area (Å²) in [5.74, 6) is -1.66. The molecule has 7 heteroatoms. The topological polar surface area (TPSA) is 64.6 Å². The molecule has 1 aromatic carbocycles. The van der Waals surface area contributed by atoms with Crippen molar-refractivity contribution in [1.29, 1.82) is 0 Å². The molecule has 1 heterocycles. The van der Waals surface area contributed by atoms with Gasteiger partial charge in [0, 0.05) is 25.7 Å². The Morgan fingerprint density at radius 2 is 2.04 bits per heavy atom. The van der Waals surface area contributed by atoms with Gasteiger partial charge in [-0.05, 0) is 37.0 Å². The molecule has 2 amide bonds. The number of carbonyl (C=O) groups excluding carboxylic acids is 1. The molecular formula is C17H25F2N3O2. The molecule has 0 radical (unpaired) electrons. The third-order valence-electron chi connectivity index (χ3n) is 4.36. The number of urea groups is 1. The molecule has 3 N–H and O–H groups in total. The number of rotatable bonds is 6. The molecule has 0 bridgehead atoms. The Kier molecular flexibility index (Phi) is 6.93. The summed E-state index contributed by atoms with van der Waals surface area (Å²) in [5, 5.41) is 14.7. The molecule has 1 aliphatic rings. The fourth-order valence-electron chi connectivity index (χ4n) is 2.82. The summed E-state index contributed by atoms with van der Waals surface area (Å²) in [5.41, 5.74) is 0.742. The van der Waals surface area contributed by atoms with Crippen molar-refractivity contribution in [3.8, 4) is 0 Å². The minimum absolute atomic E-state index is 0.0728. The Hall–Kier alpha value is -1.73. The number of carbonyl (C=O) groups is 1. The molecule has 5 nitrogen and oxygen atoms in total. The molecule has 1 aliphatic heterocycles. The van der Waals surface area contributed by atoms with Crippen molar-refractivity contribution >= 4 is 6.03 Å². The first-order valence-electron chi connectivity index (χ1n) is 8.36. The van der Waals surface area contributed by atoms with Gasteiger partial charge in [0.15, 0.2) is 11.6 Å². The fourth-order valence-corrected chi connectivity index (χ4v) is 2.82. The number of likely N-dealkylation sites (tertiary alicyclic amines) is 1. The normalized spacial score (nSPS) is 17.5. The summed E-state index contributed by atoms with van der Waals surface area (Å²) in [4.78, 5) is 14.0. The first kappa shape index (κ1) is 18.6. The average molecular weight is 341 g/mol. The van der Waals surface area contributed by atoms with Gasteiger partial charge in [0.25, 0.3) is 0 Å². The maximum atomic E-state index is 13.2. The van der Waals surface area contributed by atoms with E-state index < -0.39 is 11.6 Å². The Labute approximate surface area is 141 Å². The zero-order valence-corrected chi connectivity index (χ0v) is 13.9. The van der Waals surface area contributed by atoms with E-state index in [0.29, 0.717) is 13.0 Å². The van der Waals surface area contributed by atoms with Gasteiger partial charge in [0.2, 0.25) is 0 Å². The Morgan fingerprint density at radius 3 is 2.62 bits per heavy atom. The number of piperidine rings is 1. The van der Waals surface area contributed by atoms with Crippen molar-refractivity contribution in [3.63, 3.8) is 0 Å². The second-order valence-electron chi connectivity index (χ2n) is 6.20. The van der Waals surface area contributed by atoms with Crippen LogP contribution in [0.3, 0.4) is 0 Å². The van der Waals surface area contributed by atoms with Crippen molar-refractivity contribution in [2.75, 3.05) is 19.7 Å². The van der Waals surface area contributed by atoms with E-state index in [-0.39, 0.29) is 24.7 Å². The van der Waals surface area contributed by atoms with E-state index in [4.69, 9.17) is 5.11 Å². The van der Waals surface area contributed by atoms with Crippen molar-refractivity contribution in [3.05, 3.63) is 35.4 Å². The maximum absolute atomic E-state index is 13.2. The molecule has 1 saturated heterocycles. The number of benzene rings is 1. The molecule has 1 unspecified atom stereocenters. The lowest BCUT2D eigenvalue weighted by Gasteiger charge is -2.32. The quantitative estimate of drug-likeness (QED) is 0.741. The highest BCUT2D eigenvalue weighted by Gasteiger charge is 2.21. The van der Waals surface area contributed by atoms with Crippen LogP contribution < -0.4 is 10.6 Å².